The molecule has 1 fully saturated rings. The Morgan fingerprint density at radius 1 is 1.60 bits per heavy atom. The summed E-state index contributed by atoms with van der Waals surface area (Å²) in [7, 11) is -3.32. The van der Waals surface area contributed by atoms with Crippen molar-refractivity contribution in [3.63, 3.8) is 0 Å². The van der Waals surface area contributed by atoms with Gasteiger partial charge in [-0.1, -0.05) is 6.92 Å². The second kappa shape index (κ2) is 5.17. The Labute approximate surface area is 118 Å². The van der Waals surface area contributed by atoms with Crippen molar-refractivity contribution in [2.45, 2.75) is 30.1 Å². The van der Waals surface area contributed by atoms with E-state index in [4.69, 9.17) is 5.73 Å². The Morgan fingerprint density at radius 3 is 2.90 bits per heavy atom. The van der Waals surface area contributed by atoms with Crippen molar-refractivity contribution in [3.05, 3.63) is 11.9 Å². The van der Waals surface area contributed by atoms with Gasteiger partial charge in [0.25, 0.3) is 0 Å². The van der Waals surface area contributed by atoms with Crippen molar-refractivity contribution < 1.29 is 13.2 Å². The molecular weight excluding hydrogens is 280 g/mol. The molecular formula is C12H20N4O3S. The highest BCUT2D eigenvalue weighted by atomic mass is 32.2. The van der Waals surface area contributed by atoms with Gasteiger partial charge in [-0.2, -0.15) is 5.10 Å². The zero-order valence-electron chi connectivity index (χ0n) is 11.7. The molecule has 0 spiro atoms. The summed E-state index contributed by atoms with van der Waals surface area (Å²) in [6.45, 7) is 3.56. The van der Waals surface area contributed by atoms with Crippen LogP contribution < -0.4 is 5.73 Å². The highest BCUT2D eigenvalue weighted by molar-refractivity contribution is 7.90. The minimum absolute atomic E-state index is 0.192. The van der Waals surface area contributed by atoms with Gasteiger partial charge in [0.15, 0.2) is 9.84 Å². The van der Waals surface area contributed by atoms with Crippen LogP contribution in [0.3, 0.4) is 0 Å². The number of aromatic nitrogens is 2. The molecule has 1 aliphatic rings. The van der Waals surface area contributed by atoms with E-state index in [0.717, 1.165) is 19.4 Å². The van der Waals surface area contributed by atoms with E-state index in [1.54, 1.807) is 0 Å². The molecule has 8 heteroatoms. The van der Waals surface area contributed by atoms with Crippen LogP contribution in [0.4, 0.5) is 0 Å². The van der Waals surface area contributed by atoms with Crippen molar-refractivity contribution in [1.29, 1.82) is 0 Å². The third kappa shape index (κ3) is 3.01. The lowest BCUT2D eigenvalue weighted by Gasteiger charge is -2.39. The number of rotatable bonds is 4. The average molecular weight is 300 g/mol. The Balaban J connectivity index is 2.31. The fraction of sp³-hybridized carbons (Fsp3) is 0.667. The molecule has 2 heterocycles. The minimum Gasteiger partial charge on any atom is -0.369 e. The van der Waals surface area contributed by atoms with E-state index in [-0.39, 0.29) is 22.8 Å². The maximum Gasteiger partial charge on any atom is 0.231 e. The molecule has 1 aromatic heterocycles. The normalized spacial score (nSPS) is 24.7. The van der Waals surface area contributed by atoms with Gasteiger partial charge in [-0.15, -0.1) is 0 Å². The molecule has 0 bridgehead atoms. The number of hydrogen-bond acceptors (Lipinski definition) is 5. The van der Waals surface area contributed by atoms with E-state index in [2.05, 4.69) is 10.2 Å². The summed E-state index contributed by atoms with van der Waals surface area (Å²) in [6, 6.07) is 0. The first-order chi connectivity index (χ1) is 9.22. The lowest BCUT2D eigenvalue weighted by molar-refractivity contribution is -0.119. The van der Waals surface area contributed by atoms with E-state index in [9.17, 15) is 13.2 Å². The molecule has 2 rings (SSSR count). The predicted molar refractivity (Wildman–Crippen MR) is 73.9 cm³/mol. The number of nitrogens with one attached hydrogen (secondary N) is 1. The van der Waals surface area contributed by atoms with Crippen molar-refractivity contribution >= 4 is 15.7 Å². The lowest BCUT2D eigenvalue weighted by atomic mass is 9.79. The van der Waals surface area contributed by atoms with Crippen molar-refractivity contribution in [3.8, 4) is 0 Å². The zero-order valence-corrected chi connectivity index (χ0v) is 12.5. The van der Waals surface area contributed by atoms with E-state index < -0.39 is 9.84 Å². The quantitative estimate of drug-likeness (QED) is 0.790. The molecule has 20 heavy (non-hydrogen) atoms. The second-order valence-electron chi connectivity index (χ2n) is 5.72. The number of nitrogens with zero attached hydrogens (tertiary/aromatic N) is 2. The van der Waals surface area contributed by atoms with Crippen LogP contribution >= 0.6 is 0 Å². The number of hydrogen-bond donors (Lipinski definition) is 2. The first-order valence-electron chi connectivity index (χ1n) is 6.47. The van der Waals surface area contributed by atoms with Gasteiger partial charge in [0.1, 0.15) is 4.90 Å². The molecule has 112 valence electrons. The van der Waals surface area contributed by atoms with Crippen molar-refractivity contribution in [2.24, 2.45) is 5.73 Å². The molecule has 1 saturated heterocycles. The lowest BCUT2D eigenvalue weighted by Crippen LogP contribution is -2.47. The fourth-order valence-corrected chi connectivity index (χ4v) is 3.80. The number of sulfone groups is 1. The molecule has 0 radical (unpaired) electrons. The Kier molecular flexibility index (Phi) is 3.88. The Bertz CT molecular complexity index is 610. The molecule has 1 unspecified atom stereocenters. The molecule has 1 amide bonds. The van der Waals surface area contributed by atoms with Crippen LogP contribution in [0.25, 0.3) is 0 Å². The highest BCUT2D eigenvalue weighted by Crippen LogP contribution is 2.35. The number of primary amides is 1. The van der Waals surface area contributed by atoms with Crippen molar-refractivity contribution in [1.82, 2.24) is 15.1 Å². The third-order valence-electron chi connectivity index (χ3n) is 3.76. The summed E-state index contributed by atoms with van der Waals surface area (Å²) in [5, 5.41) is 6.71. The molecule has 0 saturated carbocycles. The van der Waals surface area contributed by atoms with Crippen LogP contribution in [0.15, 0.2) is 11.1 Å². The third-order valence-corrected chi connectivity index (χ3v) is 4.87. The minimum atomic E-state index is -3.32. The van der Waals surface area contributed by atoms with Crippen LogP contribution in [-0.4, -0.2) is 55.3 Å². The molecule has 1 atom stereocenters. The van der Waals surface area contributed by atoms with Crippen LogP contribution in [0.2, 0.25) is 0 Å². The number of piperidine rings is 1. The maximum atomic E-state index is 11.8. The molecule has 3 N–H and O–H groups in total. The number of carbonyl (C=O) groups is 1. The Morgan fingerprint density at radius 2 is 2.30 bits per heavy atom. The maximum absolute atomic E-state index is 11.8. The average Bonchev–Trinajstić information content (AvgIpc) is 2.76. The van der Waals surface area contributed by atoms with E-state index >= 15 is 0 Å². The smallest absolute Gasteiger partial charge is 0.231 e. The summed E-state index contributed by atoms with van der Waals surface area (Å²) in [6.07, 6.45) is 4.25. The van der Waals surface area contributed by atoms with E-state index in [1.807, 2.05) is 11.8 Å². The van der Waals surface area contributed by atoms with Gasteiger partial charge in [0.2, 0.25) is 5.91 Å². The number of likely N-dealkylation sites (tertiary alicyclic amines) is 1. The topological polar surface area (TPSA) is 109 Å². The van der Waals surface area contributed by atoms with Crippen LogP contribution in [0, 0.1) is 0 Å². The highest BCUT2D eigenvalue weighted by Gasteiger charge is 2.37. The number of nitrogens with two attached hydrogens (primary N) is 1. The SMILES string of the molecule is CC1(c2[nH]ncc2S(C)(=O)=O)CCCN(CC(N)=O)C1. The summed E-state index contributed by atoms with van der Waals surface area (Å²) in [5.41, 5.74) is 5.48. The van der Waals surface area contributed by atoms with Gasteiger partial charge in [-0.3, -0.25) is 14.8 Å². The van der Waals surface area contributed by atoms with Gasteiger partial charge >= 0.3 is 0 Å². The summed E-state index contributed by atoms with van der Waals surface area (Å²) in [5.74, 6) is -0.373. The largest absolute Gasteiger partial charge is 0.369 e. The van der Waals surface area contributed by atoms with Crippen LogP contribution in [0.5, 0.6) is 0 Å². The first-order valence-corrected chi connectivity index (χ1v) is 8.36. The molecule has 0 aromatic carbocycles. The molecule has 1 aromatic rings. The number of amides is 1. The Hall–Kier alpha value is -1.41. The van der Waals surface area contributed by atoms with Gasteiger partial charge in [0, 0.05) is 18.2 Å². The number of aromatic amines is 1. The molecule has 7 nitrogen and oxygen atoms in total. The van der Waals surface area contributed by atoms with Gasteiger partial charge < -0.3 is 5.73 Å². The number of H-pyrrole nitrogens is 1. The van der Waals surface area contributed by atoms with Gasteiger partial charge in [-0.05, 0) is 19.4 Å². The van der Waals surface area contributed by atoms with Gasteiger partial charge in [0.05, 0.1) is 18.4 Å². The summed E-state index contributed by atoms with van der Waals surface area (Å²) in [4.78, 5) is 13.2. The first kappa shape index (κ1) is 15.0. The summed E-state index contributed by atoms with van der Waals surface area (Å²) >= 11 is 0. The van der Waals surface area contributed by atoms with Gasteiger partial charge in [-0.25, -0.2) is 8.42 Å². The predicted octanol–water partition coefficient (Wildman–Crippen LogP) is -0.348. The summed E-state index contributed by atoms with van der Waals surface area (Å²) < 4.78 is 23.6. The molecule has 0 aliphatic carbocycles. The molecule has 1 aliphatic heterocycles. The standard InChI is InChI=1S/C12H20N4O3S/c1-12(4-3-5-16(8-12)7-10(13)17)11-9(6-14-15-11)20(2,18)19/h6H,3-5,7-8H2,1-2H3,(H2,13,17)(H,14,15). The monoisotopic (exact) mass is 300 g/mol. The van der Waals surface area contributed by atoms with Crippen molar-refractivity contribution in [2.75, 3.05) is 25.9 Å². The zero-order chi connectivity index (χ0) is 15.0. The number of carbonyl (C=O) groups excluding carboxylic acids is 1. The van der Waals surface area contributed by atoms with E-state index in [0.29, 0.717) is 12.2 Å². The van der Waals surface area contributed by atoms with E-state index in [1.165, 1.54) is 12.5 Å². The second-order valence-corrected chi connectivity index (χ2v) is 7.71. The van der Waals surface area contributed by atoms with Crippen LogP contribution in [0.1, 0.15) is 25.5 Å². The van der Waals surface area contributed by atoms with Crippen LogP contribution in [-0.2, 0) is 20.0 Å². The fourth-order valence-electron chi connectivity index (χ4n) is 2.89.